The van der Waals surface area contributed by atoms with Crippen molar-refractivity contribution in [2.45, 2.75) is 25.3 Å². The molecule has 0 aliphatic rings. The van der Waals surface area contributed by atoms with E-state index in [2.05, 4.69) is 21.2 Å². The van der Waals surface area contributed by atoms with Crippen molar-refractivity contribution in [2.24, 2.45) is 0 Å². The lowest BCUT2D eigenvalue weighted by atomic mass is 10.0. The number of hydrogen-bond acceptors (Lipinski definition) is 1. The molecule has 0 radical (unpaired) electrons. The minimum atomic E-state index is -2.72. The summed E-state index contributed by atoms with van der Waals surface area (Å²) in [7, 11) is 1.54. The zero-order valence-electron chi connectivity index (χ0n) is 8.73. The van der Waals surface area contributed by atoms with Crippen molar-refractivity contribution in [3.63, 3.8) is 0 Å². The van der Waals surface area contributed by atoms with E-state index in [1.807, 2.05) is 0 Å². The summed E-state index contributed by atoms with van der Waals surface area (Å²) in [5.74, 6) is -2.72. The molecule has 1 unspecified atom stereocenters. The number of hydrogen-bond donors (Lipinski definition) is 1. The largest absolute Gasteiger partial charge is 0.312 e. The van der Waals surface area contributed by atoms with Crippen LogP contribution < -0.4 is 5.32 Å². The normalized spacial score (nSPS) is 13.9. The molecule has 15 heavy (non-hydrogen) atoms. The molecule has 0 aliphatic heterocycles. The smallest absolute Gasteiger partial charge is 0.266 e. The van der Waals surface area contributed by atoms with E-state index in [-0.39, 0.29) is 6.42 Å². The molecule has 1 N–H and O–H groups in total. The Labute approximate surface area is 97.0 Å². The second kappa shape index (κ2) is 5.03. The molecule has 4 heteroatoms. The highest BCUT2D eigenvalue weighted by Crippen LogP contribution is 2.24. The number of halogens is 3. The molecule has 0 saturated carbocycles. The van der Waals surface area contributed by atoms with Crippen LogP contribution in [0.2, 0.25) is 0 Å². The van der Waals surface area contributed by atoms with Gasteiger partial charge in [0, 0.05) is 10.9 Å². The topological polar surface area (TPSA) is 12.0 Å². The molecule has 0 bridgehead atoms. The van der Waals surface area contributed by atoms with Crippen molar-refractivity contribution in [2.75, 3.05) is 7.05 Å². The first-order valence-electron chi connectivity index (χ1n) is 4.75. The Bertz CT molecular complexity index is 311. The Morgan fingerprint density at radius 2 is 1.87 bits per heavy atom. The van der Waals surface area contributed by atoms with Crippen LogP contribution in [0.15, 0.2) is 28.7 Å². The summed E-state index contributed by atoms with van der Waals surface area (Å²) >= 11 is 3.27. The molecule has 1 aromatic carbocycles. The Hall–Kier alpha value is -0.480. The molecule has 1 nitrogen and oxygen atoms in total. The molecule has 0 saturated heterocycles. The molecular weight excluding hydrogens is 264 g/mol. The van der Waals surface area contributed by atoms with Crippen molar-refractivity contribution in [3.8, 4) is 0 Å². The summed E-state index contributed by atoms with van der Waals surface area (Å²) in [5.41, 5.74) is 0.644. The molecule has 1 rings (SSSR count). The Morgan fingerprint density at radius 1 is 1.33 bits per heavy atom. The maximum atomic E-state index is 13.5. The number of alkyl halides is 2. The van der Waals surface area contributed by atoms with Crippen molar-refractivity contribution < 1.29 is 8.78 Å². The van der Waals surface area contributed by atoms with Crippen molar-refractivity contribution >= 4 is 15.9 Å². The van der Waals surface area contributed by atoms with E-state index in [1.165, 1.54) is 6.92 Å². The summed E-state index contributed by atoms with van der Waals surface area (Å²) in [6, 6.07) is 6.15. The van der Waals surface area contributed by atoms with Gasteiger partial charge >= 0.3 is 0 Å². The fourth-order valence-corrected chi connectivity index (χ4v) is 1.50. The summed E-state index contributed by atoms with van der Waals surface area (Å²) in [6.45, 7) is 1.48. The predicted octanol–water partition coefficient (Wildman–Crippen LogP) is 3.23. The highest BCUT2D eigenvalue weighted by Gasteiger charge is 2.35. The van der Waals surface area contributed by atoms with E-state index in [4.69, 9.17) is 0 Å². The van der Waals surface area contributed by atoms with Gasteiger partial charge in [0.25, 0.3) is 5.92 Å². The third-order valence-corrected chi connectivity index (χ3v) is 2.95. The average molecular weight is 278 g/mol. The van der Waals surface area contributed by atoms with Gasteiger partial charge in [-0.1, -0.05) is 28.1 Å². The van der Waals surface area contributed by atoms with Gasteiger partial charge in [-0.3, -0.25) is 0 Å². The molecule has 0 fully saturated rings. The minimum Gasteiger partial charge on any atom is -0.312 e. The second-order valence-electron chi connectivity index (χ2n) is 3.57. The summed E-state index contributed by atoms with van der Waals surface area (Å²) < 4.78 is 28.0. The second-order valence-corrected chi connectivity index (χ2v) is 4.49. The fraction of sp³-hybridized carbons (Fsp3) is 0.455. The first kappa shape index (κ1) is 12.6. The Kier molecular flexibility index (Phi) is 4.22. The molecular formula is C11H14BrF2N. The molecule has 0 aromatic heterocycles. The highest BCUT2D eigenvalue weighted by atomic mass is 79.9. The van der Waals surface area contributed by atoms with Crippen LogP contribution in [0.25, 0.3) is 0 Å². The molecule has 0 spiro atoms. The minimum absolute atomic E-state index is 0.234. The molecule has 0 amide bonds. The molecule has 0 aliphatic carbocycles. The summed E-state index contributed by atoms with van der Waals surface area (Å²) in [6.07, 6.45) is -0.234. The van der Waals surface area contributed by atoms with Crippen molar-refractivity contribution in [1.82, 2.24) is 5.32 Å². The first-order chi connectivity index (χ1) is 6.95. The fourth-order valence-electron chi connectivity index (χ4n) is 1.24. The molecule has 0 heterocycles. The van der Waals surface area contributed by atoms with Gasteiger partial charge in [0.05, 0.1) is 6.04 Å². The summed E-state index contributed by atoms with van der Waals surface area (Å²) in [4.78, 5) is 0. The summed E-state index contributed by atoms with van der Waals surface area (Å²) in [5, 5.41) is 2.58. The van der Waals surface area contributed by atoms with Gasteiger partial charge in [-0.2, -0.15) is 0 Å². The van der Waals surface area contributed by atoms with E-state index < -0.39 is 12.0 Å². The van der Waals surface area contributed by atoms with Gasteiger partial charge in [-0.15, -0.1) is 0 Å². The maximum Gasteiger partial charge on any atom is 0.266 e. The van der Waals surface area contributed by atoms with Gasteiger partial charge in [-0.25, -0.2) is 8.78 Å². The van der Waals surface area contributed by atoms with Gasteiger partial charge < -0.3 is 5.32 Å². The average Bonchev–Trinajstić information content (AvgIpc) is 2.20. The van der Waals surface area contributed by atoms with Crippen LogP contribution in [0, 0.1) is 0 Å². The van der Waals surface area contributed by atoms with E-state index in [1.54, 1.807) is 31.3 Å². The van der Waals surface area contributed by atoms with Gasteiger partial charge in [-0.05, 0) is 31.7 Å². The Balaban J connectivity index is 2.72. The quantitative estimate of drug-likeness (QED) is 0.891. The SMILES string of the molecule is CNC(C)C(F)(F)Cc1ccc(Br)cc1. The first-order valence-corrected chi connectivity index (χ1v) is 5.54. The Morgan fingerprint density at radius 3 is 2.33 bits per heavy atom. The van der Waals surface area contributed by atoms with Gasteiger partial charge in [0.2, 0.25) is 0 Å². The van der Waals surface area contributed by atoms with Crippen molar-refractivity contribution in [3.05, 3.63) is 34.3 Å². The molecule has 84 valence electrons. The third kappa shape index (κ3) is 3.54. The van der Waals surface area contributed by atoms with Crippen LogP contribution >= 0.6 is 15.9 Å². The maximum absolute atomic E-state index is 13.5. The highest BCUT2D eigenvalue weighted by molar-refractivity contribution is 9.10. The van der Waals surface area contributed by atoms with Crippen molar-refractivity contribution in [1.29, 1.82) is 0 Å². The molecule has 1 atom stereocenters. The standard InChI is InChI=1S/C11H14BrF2N/c1-8(15-2)11(13,14)7-9-3-5-10(12)6-4-9/h3-6,8,15H,7H2,1-2H3. The van der Waals surface area contributed by atoms with Crippen LogP contribution in [0.1, 0.15) is 12.5 Å². The van der Waals surface area contributed by atoms with Crippen LogP contribution in [0.3, 0.4) is 0 Å². The van der Waals surface area contributed by atoms with E-state index in [9.17, 15) is 8.78 Å². The predicted molar refractivity (Wildman–Crippen MR) is 61.3 cm³/mol. The lowest BCUT2D eigenvalue weighted by Crippen LogP contribution is -2.42. The van der Waals surface area contributed by atoms with Crippen LogP contribution in [0.4, 0.5) is 8.78 Å². The van der Waals surface area contributed by atoms with E-state index in [0.717, 1.165) is 4.47 Å². The van der Waals surface area contributed by atoms with Crippen LogP contribution in [-0.2, 0) is 6.42 Å². The van der Waals surface area contributed by atoms with Gasteiger partial charge in [0.15, 0.2) is 0 Å². The zero-order valence-corrected chi connectivity index (χ0v) is 10.3. The lowest BCUT2D eigenvalue weighted by molar-refractivity contribution is -0.0285. The van der Waals surface area contributed by atoms with E-state index in [0.29, 0.717) is 5.56 Å². The zero-order chi connectivity index (χ0) is 11.5. The van der Waals surface area contributed by atoms with E-state index >= 15 is 0 Å². The number of rotatable bonds is 4. The lowest BCUT2D eigenvalue weighted by Gasteiger charge is -2.23. The van der Waals surface area contributed by atoms with Crippen LogP contribution in [0.5, 0.6) is 0 Å². The number of nitrogens with one attached hydrogen (secondary N) is 1. The van der Waals surface area contributed by atoms with Crippen LogP contribution in [-0.4, -0.2) is 19.0 Å². The van der Waals surface area contributed by atoms with Gasteiger partial charge in [0.1, 0.15) is 0 Å². The molecule has 1 aromatic rings. The number of benzene rings is 1. The third-order valence-electron chi connectivity index (χ3n) is 2.42. The monoisotopic (exact) mass is 277 g/mol.